The number of anilines is 1. The van der Waals surface area contributed by atoms with E-state index in [-0.39, 0.29) is 23.4 Å². The summed E-state index contributed by atoms with van der Waals surface area (Å²) >= 11 is 0. The number of hydrogen-bond donors (Lipinski definition) is 2. The van der Waals surface area contributed by atoms with Crippen molar-refractivity contribution >= 4 is 34.4 Å². The average Bonchev–Trinajstić information content (AvgIpc) is 3.28. The van der Waals surface area contributed by atoms with Crippen molar-refractivity contribution in [2.24, 2.45) is 0 Å². The lowest BCUT2D eigenvalue weighted by Crippen LogP contribution is -2.42. The summed E-state index contributed by atoms with van der Waals surface area (Å²) in [5.41, 5.74) is 3.61. The maximum absolute atomic E-state index is 13.5. The quantitative estimate of drug-likeness (QED) is 0.506. The minimum atomic E-state index is -0.599. The Bertz CT molecular complexity index is 1240. The molecule has 0 unspecified atom stereocenters. The van der Waals surface area contributed by atoms with Gasteiger partial charge < -0.3 is 15.2 Å². The van der Waals surface area contributed by atoms with Crippen molar-refractivity contribution in [1.29, 1.82) is 0 Å². The fourth-order valence-corrected chi connectivity index (χ4v) is 4.70. The largest absolute Gasteiger partial charge is 0.356 e. The molecule has 4 amide bonds. The summed E-state index contributed by atoms with van der Waals surface area (Å²) in [6.07, 6.45) is 2.02. The topological polar surface area (TPSA) is 85.5 Å². The fourth-order valence-electron chi connectivity index (χ4n) is 4.70. The SMILES string of the molecule is C=CCNC(=O)c1ccccc1N1C(=O)[C@@H]2Cc3c([nH]c4ccccc34)[C@H](C)N2C1=O. The van der Waals surface area contributed by atoms with E-state index in [1.807, 2.05) is 31.2 Å². The van der Waals surface area contributed by atoms with Crippen LogP contribution in [0.2, 0.25) is 0 Å². The molecule has 7 nitrogen and oxygen atoms in total. The number of nitrogens with zero attached hydrogens (tertiary/aromatic N) is 2. The Morgan fingerprint density at radius 1 is 1.19 bits per heavy atom. The lowest BCUT2D eigenvalue weighted by atomic mass is 9.93. The van der Waals surface area contributed by atoms with Gasteiger partial charge in [-0.05, 0) is 30.7 Å². The van der Waals surface area contributed by atoms with E-state index in [9.17, 15) is 14.4 Å². The van der Waals surface area contributed by atoms with Crippen molar-refractivity contribution < 1.29 is 14.4 Å². The highest BCUT2D eigenvalue weighted by Gasteiger charge is 2.52. The molecule has 1 saturated heterocycles. The Morgan fingerprint density at radius 3 is 2.74 bits per heavy atom. The third-order valence-electron chi connectivity index (χ3n) is 6.13. The van der Waals surface area contributed by atoms with E-state index >= 15 is 0 Å². The van der Waals surface area contributed by atoms with Crippen LogP contribution in [0.15, 0.2) is 61.2 Å². The lowest BCUT2D eigenvalue weighted by Gasteiger charge is -2.33. The molecule has 0 bridgehead atoms. The van der Waals surface area contributed by atoms with Gasteiger partial charge in [0.25, 0.3) is 11.8 Å². The van der Waals surface area contributed by atoms with E-state index < -0.39 is 12.1 Å². The van der Waals surface area contributed by atoms with E-state index in [1.54, 1.807) is 35.2 Å². The molecule has 0 saturated carbocycles. The fraction of sp³-hybridized carbons (Fsp3) is 0.208. The number of para-hydroxylation sites is 2. The van der Waals surface area contributed by atoms with Crippen LogP contribution in [0, 0.1) is 0 Å². The minimum absolute atomic E-state index is 0.280. The Morgan fingerprint density at radius 2 is 1.94 bits per heavy atom. The third kappa shape index (κ3) is 2.77. The van der Waals surface area contributed by atoms with Gasteiger partial charge in [-0.2, -0.15) is 0 Å². The number of urea groups is 1. The number of fused-ring (bicyclic) bond motifs is 4. The maximum atomic E-state index is 13.5. The van der Waals surface area contributed by atoms with Crippen LogP contribution < -0.4 is 10.2 Å². The molecule has 0 spiro atoms. The molecule has 5 rings (SSSR count). The molecule has 3 heterocycles. The normalized spacial score (nSPS) is 20.0. The average molecular weight is 414 g/mol. The first-order valence-electron chi connectivity index (χ1n) is 10.3. The number of aromatic nitrogens is 1. The highest BCUT2D eigenvalue weighted by Crippen LogP contribution is 2.42. The molecule has 31 heavy (non-hydrogen) atoms. The number of amides is 4. The van der Waals surface area contributed by atoms with Gasteiger partial charge in [-0.15, -0.1) is 6.58 Å². The van der Waals surface area contributed by atoms with Crippen molar-refractivity contribution in [3.8, 4) is 0 Å². The summed E-state index contributed by atoms with van der Waals surface area (Å²) in [5.74, 6) is -0.665. The number of H-pyrrole nitrogens is 1. The molecule has 0 radical (unpaired) electrons. The molecule has 2 atom stereocenters. The summed E-state index contributed by atoms with van der Waals surface area (Å²) in [4.78, 5) is 45.7. The van der Waals surface area contributed by atoms with Crippen LogP contribution in [0.3, 0.4) is 0 Å². The molecule has 2 aliphatic heterocycles. The molecule has 2 aromatic carbocycles. The summed E-state index contributed by atoms with van der Waals surface area (Å²) in [6, 6.07) is 13.4. The Hall–Kier alpha value is -3.87. The number of aromatic amines is 1. The number of imide groups is 1. The Balaban J connectivity index is 1.55. The van der Waals surface area contributed by atoms with E-state index in [4.69, 9.17) is 0 Å². The highest BCUT2D eigenvalue weighted by molar-refractivity contribution is 6.24. The van der Waals surface area contributed by atoms with E-state index in [0.717, 1.165) is 27.1 Å². The van der Waals surface area contributed by atoms with E-state index in [2.05, 4.69) is 16.9 Å². The summed E-state index contributed by atoms with van der Waals surface area (Å²) in [5, 5.41) is 3.79. The zero-order valence-electron chi connectivity index (χ0n) is 17.1. The highest BCUT2D eigenvalue weighted by atomic mass is 16.2. The minimum Gasteiger partial charge on any atom is -0.356 e. The third-order valence-corrected chi connectivity index (χ3v) is 6.13. The summed E-state index contributed by atoms with van der Waals surface area (Å²) in [6.45, 7) is 5.82. The van der Waals surface area contributed by atoms with Gasteiger partial charge in [0.05, 0.1) is 17.3 Å². The molecule has 3 aromatic rings. The molecule has 1 aromatic heterocycles. The van der Waals surface area contributed by atoms with Crippen molar-refractivity contribution in [2.45, 2.75) is 25.4 Å². The molecule has 2 aliphatic rings. The van der Waals surface area contributed by atoms with Crippen molar-refractivity contribution in [1.82, 2.24) is 15.2 Å². The first kappa shape index (κ1) is 19.1. The monoisotopic (exact) mass is 414 g/mol. The van der Waals surface area contributed by atoms with Crippen LogP contribution in [0.4, 0.5) is 10.5 Å². The maximum Gasteiger partial charge on any atom is 0.332 e. The van der Waals surface area contributed by atoms with Gasteiger partial charge in [-0.1, -0.05) is 36.4 Å². The smallest absolute Gasteiger partial charge is 0.332 e. The number of hydrogen-bond acceptors (Lipinski definition) is 3. The van der Waals surface area contributed by atoms with Gasteiger partial charge >= 0.3 is 6.03 Å². The molecule has 7 heteroatoms. The predicted octanol–water partition coefficient (Wildman–Crippen LogP) is 3.54. The number of carbonyl (C=O) groups is 3. The van der Waals surface area contributed by atoms with Crippen LogP contribution in [0.25, 0.3) is 10.9 Å². The molecule has 156 valence electrons. The van der Waals surface area contributed by atoms with Crippen LogP contribution in [0.5, 0.6) is 0 Å². The Labute approximate surface area is 179 Å². The number of nitrogens with one attached hydrogen (secondary N) is 2. The van der Waals surface area contributed by atoms with Gasteiger partial charge in [-0.3, -0.25) is 9.59 Å². The van der Waals surface area contributed by atoms with Crippen LogP contribution in [-0.4, -0.2) is 40.3 Å². The summed E-state index contributed by atoms with van der Waals surface area (Å²) in [7, 11) is 0. The summed E-state index contributed by atoms with van der Waals surface area (Å²) < 4.78 is 0. The van der Waals surface area contributed by atoms with Gasteiger partial charge in [-0.25, -0.2) is 9.69 Å². The first-order valence-corrected chi connectivity index (χ1v) is 10.3. The second-order valence-electron chi connectivity index (χ2n) is 7.84. The zero-order chi connectivity index (χ0) is 21.7. The van der Waals surface area contributed by atoms with Crippen LogP contribution in [0.1, 0.15) is 34.6 Å². The molecule has 0 aliphatic carbocycles. The van der Waals surface area contributed by atoms with E-state index in [0.29, 0.717) is 18.7 Å². The van der Waals surface area contributed by atoms with Crippen LogP contribution >= 0.6 is 0 Å². The van der Waals surface area contributed by atoms with Crippen LogP contribution in [-0.2, 0) is 11.2 Å². The second-order valence-corrected chi connectivity index (χ2v) is 7.84. The predicted molar refractivity (Wildman–Crippen MR) is 118 cm³/mol. The first-order chi connectivity index (χ1) is 15.0. The number of carbonyl (C=O) groups excluding carboxylic acids is 3. The molecule has 1 fully saturated rings. The van der Waals surface area contributed by atoms with Crippen molar-refractivity contribution in [2.75, 3.05) is 11.4 Å². The number of rotatable bonds is 4. The van der Waals surface area contributed by atoms with Gasteiger partial charge in [0.2, 0.25) is 0 Å². The molecule has 2 N–H and O–H groups in total. The standard InChI is InChI=1S/C24H22N4O3/c1-3-12-25-22(29)16-9-5-7-11-19(16)28-23(30)20-13-17-15-8-4-6-10-18(15)26-21(17)14(2)27(20)24(28)31/h3-11,14,20,26H,1,12-13H2,2H3,(H,25,29)/t14-,20-/m0/s1. The molecular formula is C24H22N4O3. The molecular weight excluding hydrogens is 392 g/mol. The Kier molecular flexibility index (Phi) is 4.39. The zero-order valence-corrected chi connectivity index (χ0v) is 17.1. The second kappa shape index (κ2) is 7.12. The van der Waals surface area contributed by atoms with Gasteiger partial charge in [0.15, 0.2) is 0 Å². The van der Waals surface area contributed by atoms with Crippen molar-refractivity contribution in [3.63, 3.8) is 0 Å². The lowest BCUT2D eigenvalue weighted by molar-refractivity contribution is -0.120. The van der Waals surface area contributed by atoms with Gasteiger partial charge in [0, 0.05) is 29.6 Å². The van der Waals surface area contributed by atoms with E-state index in [1.165, 1.54) is 0 Å². The van der Waals surface area contributed by atoms with Gasteiger partial charge in [0.1, 0.15) is 6.04 Å². The number of benzene rings is 2. The van der Waals surface area contributed by atoms with Crippen molar-refractivity contribution in [3.05, 3.63) is 78.0 Å².